The van der Waals surface area contributed by atoms with Gasteiger partial charge in [-0.15, -0.1) is 0 Å². The van der Waals surface area contributed by atoms with Gasteiger partial charge in [-0.1, -0.05) is 53.5 Å². The van der Waals surface area contributed by atoms with Crippen molar-refractivity contribution in [3.8, 4) is 5.69 Å². The molecule has 174 valence electrons. The Labute approximate surface area is 204 Å². The van der Waals surface area contributed by atoms with Gasteiger partial charge < -0.3 is 14.8 Å². The van der Waals surface area contributed by atoms with Gasteiger partial charge in [-0.05, 0) is 35.9 Å². The summed E-state index contributed by atoms with van der Waals surface area (Å²) in [5, 5.41) is 3.02. The Bertz CT molecular complexity index is 1310. The summed E-state index contributed by atoms with van der Waals surface area (Å²) in [6, 6.07) is 18.2. The molecule has 0 saturated carbocycles. The van der Waals surface area contributed by atoms with Crippen molar-refractivity contribution in [2.75, 3.05) is 5.32 Å². The van der Waals surface area contributed by atoms with Crippen LogP contribution in [0.5, 0.6) is 0 Å². The highest BCUT2D eigenvalue weighted by molar-refractivity contribution is 6.42. The highest BCUT2D eigenvalue weighted by Gasteiger charge is 2.21. The van der Waals surface area contributed by atoms with E-state index in [4.69, 9.17) is 23.2 Å². The third-order valence-corrected chi connectivity index (χ3v) is 5.85. The lowest BCUT2D eigenvalue weighted by Crippen LogP contribution is -2.35. The van der Waals surface area contributed by atoms with Gasteiger partial charge in [0.2, 0.25) is 0 Å². The van der Waals surface area contributed by atoms with Crippen LogP contribution in [0.15, 0.2) is 79.0 Å². The highest BCUT2D eigenvalue weighted by atomic mass is 35.5. The van der Waals surface area contributed by atoms with Crippen molar-refractivity contribution >= 4 is 34.9 Å². The van der Waals surface area contributed by atoms with Crippen LogP contribution in [0.4, 0.5) is 23.7 Å². The summed E-state index contributed by atoms with van der Waals surface area (Å²) in [5.41, 5.74) is 1.53. The van der Waals surface area contributed by atoms with Crippen LogP contribution in [0.25, 0.3) is 5.69 Å². The Hall–Kier alpha value is -3.42. The average molecular weight is 504 g/mol. The van der Waals surface area contributed by atoms with Gasteiger partial charge in [0.1, 0.15) is 11.5 Å². The van der Waals surface area contributed by atoms with Gasteiger partial charge in [0.05, 0.1) is 16.6 Å². The molecule has 0 aliphatic heterocycles. The van der Waals surface area contributed by atoms with Crippen molar-refractivity contribution < 1.29 is 18.0 Å². The molecule has 0 aliphatic carbocycles. The lowest BCUT2D eigenvalue weighted by Gasteiger charge is -2.24. The van der Waals surface area contributed by atoms with E-state index < -0.39 is 29.2 Å². The monoisotopic (exact) mass is 503 g/mol. The zero-order chi connectivity index (χ0) is 24.2. The molecule has 0 atom stereocenters. The predicted molar refractivity (Wildman–Crippen MR) is 127 cm³/mol. The van der Waals surface area contributed by atoms with Gasteiger partial charge in [0.25, 0.3) is 0 Å². The fraction of sp³-hybridized carbons (Fsp3) is 0.0800. The third kappa shape index (κ3) is 5.38. The molecule has 0 saturated heterocycles. The van der Waals surface area contributed by atoms with Crippen LogP contribution >= 0.6 is 23.2 Å². The van der Waals surface area contributed by atoms with Crippen LogP contribution in [0.3, 0.4) is 0 Å². The van der Waals surface area contributed by atoms with Crippen molar-refractivity contribution in [3.05, 3.63) is 118 Å². The first-order valence-electron chi connectivity index (χ1n) is 10.2. The molecule has 1 N–H and O–H groups in total. The topological polar surface area (TPSA) is 37.3 Å². The predicted octanol–water partition coefficient (Wildman–Crippen LogP) is 7.44. The Kier molecular flexibility index (Phi) is 7.14. The number of carbonyl (C=O) groups excluding carboxylic acids is 1. The zero-order valence-electron chi connectivity index (χ0n) is 17.6. The fourth-order valence-electron chi connectivity index (χ4n) is 3.48. The van der Waals surface area contributed by atoms with Gasteiger partial charge in [0.15, 0.2) is 11.6 Å². The van der Waals surface area contributed by atoms with E-state index in [9.17, 15) is 18.0 Å². The minimum absolute atomic E-state index is 0.0956. The molecule has 34 heavy (non-hydrogen) atoms. The summed E-state index contributed by atoms with van der Waals surface area (Å²) < 4.78 is 43.4. The summed E-state index contributed by atoms with van der Waals surface area (Å²) in [7, 11) is 0. The number of urea groups is 1. The van der Waals surface area contributed by atoms with E-state index in [1.807, 2.05) is 41.0 Å². The van der Waals surface area contributed by atoms with E-state index in [0.717, 1.165) is 11.3 Å². The fourth-order valence-corrected chi connectivity index (χ4v) is 3.77. The van der Waals surface area contributed by atoms with E-state index in [1.54, 1.807) is 30.5 Å². The lowest BCUT2D eigenvalue weighted by molar-refractivity contribution is 0.205. The molecule has 2 amide bonds. The molecule has 1 aromatic heterocycles. The molecule has 9 heteroatoms. The number of benzene rings is 3. The van der Waals surface area contributed by atoms with Crippen LogP contribution in [0, 0.1) is 17.5 Å². The third-order valence-electron chi connectivity index (χ3n) is 5.11. The second-order valence-corrected chi connectivity index (χ2v) is 8.30. The molecule has 0 spiro atoms. The van der Waals surface area contributed by atoms with Gasteiger partial charge in [-0.3, -0.25) is 0 Å². The van der Waals surface area contributed by atoms with E-state index in [-0.39, 0.29) is 13.1 Å². The molecule has 1 heterocycles. The molecule has 0 radical (unpaired) electrons. The molecular formula is C25H18Cl2F3N3O. The molecule has 0 fully saturated rings. The average Bonchev–Trinajstić information content (AvgIpc) is 3.26. The summed E-state index contributed by atoms with van der Waals surface area (Å²) in [5.74, 6) is -3.48. The number of aromatic nitrogens is 1. The van der Waals surface area contributed by atoms with E-state index in [1.165, 1.54) is 4.90 Å². The van der Waals surface area contributed by atoms with E-state index >= 15 is 0 Å². The van der Waals surface area contributed by atoms with Gasteiger partial charge >= 0.3 is 6.03 Å². The number of hydrogen-bond acceptors (Lipinski definition) is 1. The molecular weight excluding hydrogens is 486 g/mol. The SMILES string of the molecule is O=C(Nc1c(F)cc(F)cc1F)N(Cc1ccccc1)Cc1cccn1-c1ccc(Cl)c(Cl)c1. The molecule has 4 nitrogen and oxygen atoms in total. The van der Waals surface area contributed by atoms with Crippen LogP contribution in [0.2, 0.25) is 10.0 Å². The second-order valence-electron chi connectivity index (χ2n) is 7.48. The Morgan fingerprint density at radius 1 is 0.853 bits per heavy atom. The summed E-state index contributed by atoms with van der Waals surface area (Å²) >= 11 is 12.2. The first-order valence-corrected chi connectivity index (χ1v) is 10.9. The summed E-state index contributed by atoms with van der Waals surface area (Å²) in [6.45, 7) is 0.252. The van der Waals surface area contributed by atoms with Gasteiger partial charge in [-0.2, -0.15) is 0 Å². The molecule has 4 aromatic rings. The standard InChI is InChI=1S/C25H18Cl2F3N3O/c26-20-9-8-18(13-21(20)27)33-10-4-7-19(33)15-32(14-16-5-2-1-3-6-16)25(34)31-24-22(29)11-17(28)12-23(24)30/h1-13H,14-15H2,(H,31,34). The van der Waals surface area contributed by atoms with Crippen LogP contribution in [-0.2, 0) is 13.1 Å². The number of amides is 2. The lowest BCUT2D eigenvalue weighted by atomic mass is 10.2. The van der Waals surface area contributed by atoms with Crippen molar-refractivity contribution in [1.82, 2.24) is 9.47 Å². The number of anilines is 1. The quantitative estimate of drug-likeness (QED) is 0.291. The maximum Gasteiger partial charge on any atom is 0.322 e. The van der Waals surface area contributed by atoms with Gasteiger partial charge in [0, 0.05) is 36.3 Å². The first-order chi connectivity index (χ1) is 16.3. The normalized spacial score (nSPS) is 10.9. The maximum absolute atomic E-state index is 14.2. The minimum atomic E-state index is -1.20. The smallest absolute Gasteiger partial charge is 0.319 e. The molecule has 4 rings (SSSR count). The van der Waals surface area contributed by atoms with Crippen LogP contribution in [0.1, 0.15) is 11.3 Å². The van der Waals surface area contributed by atoms with E-state index in [0.29, 0.717) is 27.9 Å². The van der Waals surface area contributed by atoms with Crippen molar-refractivity contribution in [2.45, 2.75) is 13.1 Å². The number of nitrogens with one attached hydrogen (secondary N) is 1. The zero-order valence-corrected chi connectivity index (χ0v) is 19.1. The Morgan fingerprint density at radius 2 is 1.56 bits per heavy atom. The first kappa shape index (κ1) is 23.7. The Morgan fingerprint density at radius 3 is 2.24 bits per heavy atom. The largest absolute Gasteiger partial charge is 0.322 e. The number of halogens is 5. The molecule has 0 aliphatic rings. The van der Waals surface area contributed by atoms with Crippen LogP contribution < -0.4 is 5.32 Å². The van der Waals surface area contributed by atoms with Crippen molar-refractivity contribution in [3.63, 3.8) is 0 Å². The maximum atomic E-state index is 14.2. The number of hydrogen-bond donors (Lipinski definition) is 1. The Balaban J connectivity index is 1.65. The molecule has 3 aromatic carbocycles. The molecule has 0 unspecified atom stereocenters. The van der Waals surface area contributed by atoms with Crippen LogP contribution in [-0.4, -0.2) is 15.5 Å². The molecule has 0 bridgehead atoms. The van der Waals surface area contributed by atoms with E-state index in [2.05, 4.69) is 5.32 Å². The number of carbonyl (C=O) groups is 1. The minimum Gasteiger partial charge on any atom is -0.319 e. The van der Waals surface area contributed by atoms with Gasteiger partial charge in [-0.25, -0.2) is 18.0 Å². The number of nitrogens with zero attached hydrogens (tertiary/aromatic N) is 2. The van der Waals surface area contributed by atoms with Crippen molar-refractivity contribution in [2.24, 2.45) is 0 Å². The summed E-state index contributed by atoms with van der Waals surface area (Å²) in [6.07, 6.45) is 1.80. The summed E-state index contributed by atoms with van der Waals surface area (Å²) in [4.78, 5) is 14.5. The highest BCUT2D eigenvalue weighted by Crippen LogP contribution is 2.26. The second kappa shape index (κ2) is 10.2. The van der Waals surface area contributed by atoms with Crippen molar-refractivity contribution in [1.29, 1.82) is 0 Å². The number of rotatable bonds is 6.